The maximum Gasteiger partial charge on any atom is 0.173 e. The largest absolute Gasteiger partial charge is 0.327 e. The third kappa shape index (κ3) is 2.27. The first-order valence-electron chi connectivity index (χ1n) is 6.09. The van der Waals surface area contributed by atoms with Crippen molar-refractivity contribution in [2.75, 3.05) is 11.9 Å². The van der Waals surface area contributed by atoms with Crippen LogP contribution in [0.25, 0.3) is 0 Å². The van der Waals surface area contributed by atoms with Crippen LogP contribution in [0.15, 0.2) is 24.3 Å². The first-order chi connectivity index (χ1) is 9.06. The van der Waals surface area contributed by atoms with E-state index in [1.54, 1.807) is 0 Å². The summed E-state index contributed by atoms with van der Waals surface area (Å²) in [5.74, 6) is 0.597. The van der Waals surface area contributed by atoms with Gasteiger partial charge in [-0.2, -0.15) is 10.4 Å². The second-order valence-corrected chi connectivity index (χ2v) is 4.57. The van der Waals surface area contributed by atoms with Crippen LogP contribution in [-0.2, 0) is 0 Å². The lowest BCUT2D eigenvalue weighted by Crippen LogP contribution is -2.16. The van der Waals surface area contributed by atoms with Gasteiger partial charge in [0.2, 0.25) is 0 Å². The van der Waals surface area contributed by atoms with E-state index in [-0.39, 0.29) is 0 Å². The van der Waals surface area contributed by atoms with E-state index in [1.807, 2.05) is 57.0 Å². The topological polar surface area (TPSA) is 52.8 Å². The van der Waals surface area contributed by atoms with Crippen LogP contribution in [0.1, 0.15) is 22.4 Å². The van der Waals surface area contributed by atoms with Gasteiger partial charge in [0.25, 0.3) is 0 Å². The molecule has 0 aliphatic rings. The summed E-state index contributed by atoms with van der Waals surface area (Å²) in [5.41, 5.74) is 4.41. The second-order valence-electron chi connectivity index (χ2n) is 4.57. The minimum absolute atomic E-state index is 0.582. The van der Waals surface area contributed by atoms with E-state index < -0.39 is 0 Å². The Morgan fingerprint density at radius 1 is 1.11 bits per heavy atom. The van der Waals surface area contributed by atoms with Crippen molar-refractivity contribution in [1.82, 2.24) is 10.2 Å². The molecule has 96 valence electrons. The fraction of sp³-hybridized carbons (Fsp3) is 0.267. The molecule has 4 heteroatoms. The molecule has 0 bridgehead atoms. The number of nitrogens with zero attached hydrogens (tertiary/aromatic N) is 4. The Kier molecular flexibility index (Phi) is 3.48. The maximum atomic E-state index is 9.34. The molecular formula is C15H16N4. The lowest BCUT2D eigenvalue weighted by atomic mass is 10.1. The van der Waals surface area contributed by atoms with Gasteiger partial charge in [-0.15, -0.1) is 5.10 Å². The van der Waals surface area contributed by atoms with Crippen LogP contribution in [0.5, 0.6) is 0 Å². The Balaban J connectivity index is 2.58. The molecule has 2 rings (SSSR count). The van der Waals surface area contributed by atoms with Crippen LogP contribution < -0.4 is 4.90 Å². The molecule has 0 fully saturated rings. The zero-order valence-electron chi connectivity index (χ0n) is 11.6. The Morgan fingerprint density at radius 3 is 2.42 bits per heavy atom. The first-order valence-corrected chi connectivity index (χ1v) is 6.09. The lowest BCUT2D eigenvalue weighted by Gasteiger charge is -2.21. The molecule has 0 aliphatic carbocycles. The zero-order valence-corrected chi connectivity index (χ0v) is 11.6. The van der Waals surface area contributed by atoms with E-state index in [9.17, 15) is 5.26 Å². The number of hydrogen-bond acceptors (Lipinski definition) is 4. The standard InChI is InChI=1S/C15H16N4/c1-10-7-5-6-8-14(10)19(4)15-13(9-16)11(2)12(3)17-18-15/h5-8H,1-4H3. The average Bonchev–Trinajstić information content (AvgIpc) is 2.41. The lowest BCUT2D eigenvalue weighted by molar-refractivity contribution is 0.928. The van der Waals surface area contributed by atoms with Crippen molar-refractivity contribution in [3.05, 3.63) is 46.6 Å². The molecule has 0 atom stereocenters. The third-order valence-corrected chi connectivity index (χ3v) is 3.34. The van der Waals surface area contributed by atoms with Crippen molar-refractivity contribution in [2.45, 2.75) is 20.8 Å². The quantitative estimate of drug-likeness (QED) is 0.824. The van der Waals surface area contributed by atoms with Crippen molar-refractivity contribution in [3.63, 3.8) is 0 Å². The van der Waals surface area contributed by atoms with Crippen molar-refractivity contribution >= 4 is 11.5 Å². The fourth-order valence-electron chi connectivity index (χ4n) is 2.02. The van der Waals surface area contributed by atoms with Gasteiger partial charge in [0, 0.05) is 12.7 Å². The van der Waals surface area contributed by atoms with Crippen molar-refractivity contribution < 1.29 is 0 Å². The molecule has 19 heavy (non-hydrogen) atoms. The minimum atomic E-state index is 0.582. The number of para-hydroxylation sites is 1. The maximum absolute atomic E-state index is 9.34. The normalized spacial score (nSPS) is 10.1. The smallest absolute Gasteiger partial charge is 0.173 e. The Labute approximate surface area is 113 Å². The van der Waals surface area contributed by atoms with E-state index in [0.717, 1.165) is 22.5 Å². The molecule has 1 aromatic heterocycles. The van der Waals surface area contributed by atoms with Crippen LogP contribution in [0.4, 0.5) is 11.5 Å². The number of benzene rings is 1. The molecule has 0 saturated heterocycles. The van der Waals surface area contributed by atoms with E-state index in [2.05, 4.69) is 16.3 Å². The van der Waals surface area contributed by atoms with Crippen LogP contribution in [0.2, 0.25) is 0 Å². The van der Waals surface area contributed by atoms with Gasteiger partial charge >= 0.3 is 0 Å². The molecule has 1 aromatic carbocycles. The molecule has 0 aliphatic heterocycles. The van der Waals surface area contributed by atoms with Gasteiger partial charge in [-0.25, -0.2) is 0 Å². The highest BCUT2D eigenvalue weighted by Gasteiger charge is 2.16. The Morgan fingerprint density at radius 2 is 1.79 bits per heavy atom. The van der Waals surface area contributed by atoms with Gasteiger partial charge in [0.1, 0.15) is 11.6 Å². The Hall–Kier alpha value is -2.41. The summed E-state index contributed by atoms with van der Waals surface area (Å²) in [6, 6.07) is 10.2. The van der Waals surface area contributed by atoms with Gasteiger partial charge in [0.05, 0.1) is 5.69 Å². The highest BCUT2D eigenvalue weighted by molar-refractivity contribution is 5.68. The average molecular weight is 252 g/mol. The summed E-state index contributed by atoms with van der Waals surface area (Å²) < 4.78 is 0. The van der Waals surface area contributed by atoms with Crippen LogP contribution in [0.3, 0.4) is 0 Å². The van der Waals surface area contributed by atoms with Crippen molar-refractivity contribution in [2.24, 2.45) is 0 Å². The number of aryl methyl sites for hydroxylation is 2. The highest BCUT2D eigenvalue weighted by atomic mass is 15.3. The summed E-state index contributed by atoms with van der Waals surface area (Å²) >= 11 is 0. The van der Waals surface area contributed by atoms with Gasteiger partial charge in [-0.1, -0.05) is 18.2 Å². The molecule has 0 unspecified atom stereocenters. The molecular weight excluding hydrogens is 236 g/mol. The summed E-state index contributed by atoms with van der Waals surface area (Å²) in [7, 11) is 1.90. The minimum Gasteiger partial charge on any atom is -0.327 e. The number of aromatic nitrogens is 2. The van der Waals surface area contributed by atoms with E-state index in [1.165, 1.54) is 0 Å². The monoisotopic (exact) mass is 252 g/mol. The van der Waals surface area contributed by atoms with Crippen molar-refractivity contribution in [3.8, 4) is 6.07 Å². The predicted octanol–water partition coefficient (Wildman–Crippen LogP) is 3.04. The SMILES string of the molecule is Cc1ccccc1N(C)c1nnc(C)c(C)c1C#N. The van der Waals surface area contributed by atoms with E-state index in [0.29, 0.717) is 11.4 Å². The summed E-state index contributed by atoms with van der Waals surface area (Å²) in [6.45, 7) is 5.80. The molecule has 0 spiro atoms. The first kappa shape index (κ1) is 13.0. The molecule has 4 nitrogen and oxygen atoms in total. The molecule has 1 heterocycles. The summed E-state index contributed by atoms with van der Waals surface area (Å²) in [5, 5.41) is 17.6. The van der Waals surface area contributed by atoms with Crippen LogP contribution in [0, 0.1) is 32.1 Å². The zero-order chi connectivity index (χ0) is 14.0. The van der Waals surface area contributed by atoms with Crippen LogP contribution >= 0.6 is 0 Å². The van der Waals surface area contributed by atoms with Gasteiger partial charge in [0.15, 0.2) is 5.82 Å². The molecule has 0 amide bonds. The summed E-state index contributed by atoms with van der Waals surface area (Å²) in [6.07, 6.45) is 0. The number of anilines is 2. The molecule has 0 radical (unpaired) electrons. The fourth-order valence-corrected chi connectivity index (χ4v) is 2.02. The number of hydrogen-bond donors (Lipinski definition) is 0. The second kappa shape index (κ2) is 5.07. The van der Waals surface area contributed by atoms with E-state index >= 15 is 0 Å². The molecule has 0 N–H and O–H groups in total. The predicted molar refractivity (Wildman–Crippen MR) is 75.5 cm³/mol. The third-order valence-electron chi connectivity index (χ3n) is 3.34. The Bertz CT molecular complexity index is 656. The number of nitriles is 1. The summed E-state index contributed by atoms with van der Waals surface area (Å²) in [4.78, 5) is 1.91. The number of rotatable bonds is 2. The van der Waals surface area contributed by atoms with E-state index in [4.69, 9.17) is 0 Å². The van der Waals surface area contributed by atoms with Gasteiger partial charge in [-0.3, -0.25) is 0 Å². The van der Waals surface area contributed by atoms with Gasteiger partial charge < -0.3 is 4.90 Å². The van der Waals surface area contributed by atoms with Gasteiger partial charge in [-0.05, 0) is 38.0 Å². The highest BCUT2D eigenvalue weighted by Crippen LogP contribution is 2.28. The van der Waals surface area contributed by atoms with Crippen molar-refractivity contribution in [1.29, 1.82) is 5.26 Å². The van der Waals surface area contributed by atoms with Crippen LogP contribution in [-0.4, -0.2) is 17.2 Å². The molecule has 0 saturated carbocycles. The molecule has 2 aromatic rings.